The predicted molar refractivity (Wildman–Crippen MR) is 217 cm³/mol. The van der Waals surface area contributed by atoms with Crippen molar-refractivity contribution in [3.05, 3.63) is 53.6 Å². The first kappa shape index (κ1) is 42.3. The highest BCUT2D eigenvalue weighted by atomic mass is 19.1. The molecule has 2 aromatic carbocycles. The van der Waals surface area contributed by atoms with Crippen LogP contribution in [0.25, 0.3) is 33.5 Å². The number of fused-ring (bicyclic) bond motifs is 2. The third-order valence-corrected chi connectivity index (χ3v) is 12.9. The Morgan fingerprint density at radius 1 is 0.898 bits per heavy atom. The Kier molecular flexibility index (Phi) is 12.5. The molecule has 11 nitrogen and oxygen atoms in total. The summed E-state index contributed by atoms with van der Waals surface area (Å²) in [4.78, 5) is 65.4. The number of nitrogens with zero attached hydrogens (tertiary/aromatic N) is 4. The lowest BCUT2D eigenvalue weighted by Gasteiger charge is -2.30. The second-order valence-electron chi connectivity index (χ2n) is 16.9. The van der Waals surface area contributed by atoms with E-state index in [1.807, 2.05) is 18.4 Å². The number of alkyl halides is 2. The first-order valence-electron chi connectivity index (χ1n) is 21.1. The molecule has 1 saturated carbocycles. The van der Waals surface area contributed by atoms with E-state index in [2.05, 4.69) is 15.6 Å². The molecule has 0 bridgehead atoms. The van der Waals surface area contributed by atoms with Crippen molar-refractivity contribution in [2.45, 2.75) is 122 Å². The number of benzene rings is 2. The van der Waals surface area contributed by atoms with Gasteiger partial charge in [-0.15, -0.1) is 0 Å². The first-order valence-corrected chi connectivity index (χ1v) is 21.1. The molecule has 1 aliphatic carbocycles. The number of hydrogen-bond acceptors (Lipinski definition) is 6. The zero-order valence-electron chi connectivity index (χ0n) is 34.4. The van der Waals surface area contributed by atoms with E-state index < -0.39 is 54.1 Å². The standard InChI is InChI=1S/C44H55F4N7O4/c1-6-23(3)42(57)52-39(26-8-9-26)44(59)54-21-30(48)16-32(54)22-55-37-13-11-28(46)18-36(37)51-41(55)40-34(33-12-10-27(45)17-35(33)50-40)19-31-15-29(47)20-53(31)43(58)25(7-2)14-38(56)24(4)49-5/h10-13,17-18,23-26,29-32,39,49-50H,6-9,14-16,19-22H2,1-5H3,(H,52,57)/t23-,24+,25-,29+,30+,31+,32+,39+/m1/s1. The fourth-order valence-corrected chi connectivity index (χ4v) is 8.87. The van der Waals surface area contributed by atoms with E-state index in [1.165, 1.54) is 34.1 Å². The van der Waals surface area contributed by atoms with Crippen molar-refractivity contribution in [1.29, 1.82) is 0 Å². The van der Waals surface area contributed by atoms with Gasteiger partial charge in [-0.1, -0.05) is 20.8 Å². The van der Waals surface area contributed by atoms with E-state index in [0.717, 1.165) is 12.8 Å². The monoisotopic (exact) mass is 821 g/mol. The smallest absolute Gasteiger partial charge is 0.245 e. The SMILES string of the molecule is CC[C@H](CC(=O)[C@H](C)NC)C(=O)N1C[C@@H](F)C[C@H]1Cc1c(-c2nc3cc(F)ccc3n2C[C@@H]2C[C@H](F)CN2C(=O)[C@@H](NC(=O)[C@H](C)CC)C2CC2)[nH]c2cc(F)ccc12. The van der Waals surface area contributed by atoms with Crippen LogP contribution in [-0.4, -0.2) is 104 Å². The number of Topliss-reactive ketones (excluding diaryl/α,β-unsaturated/α-hetero) is 1. The number of rotatable bonds is 16. The van der Waals surface area contributed by atoms with Crippen LogP contribution in [0.1, 0.15) is 78.2 Å². The zero-order valence-corrected chi connectivity index (χ0v) is 34.4. The number of likely N-dealkylation sites (tertiary alicyclic amines) is 2. The summed E-state index contributed by atoms with van der Waals surface area (Å²) in [6.45, 7) is 7.06. The summed E-state index contributed by atoms with van der Waals surface area (Å²) in [5.74, 6) is -2.65. The highest BCUT2D eigenvalue weighted by Crippen LogP contribution is 2.39. The van der Waals surface area contributed by atoms with Gasteiger partial charge in [0.05, 0.1) is 41.9 Å². The van der Waals surface area contributed by atoms with Gasteiger partial charge in [0.2, 0.25) is 17.7 Å². The maximum Gasteiger partial charge on any atom is 0.245 e. The molecular weight excluding hydrogens is 767 g/mol. The number of aromatic nitrogens is 3. The maximum absolute atomic E-state index is 15.5. The Morgan fingerprint density at radius 3 is 2.22 bits per heavy atom. The van der Waals surface area contributed by atoms with E-state index >= 15 is 8.78 Å². The van der Waals surface area contributed by atoms with Crippen molar-refractivity contribution in [3.63, 3.8) is 0 Å². The lowest BCUT2D eigenvalue weighted by molar-refractivity contribution is -0.139. The topological polar surface area (TPSA) is 132 Å². The van der Waals surface area contributed by atoms with Gasteiger partial charge in [0.25, 0.3) is 0 Å². The van der Waals surface area contributed by atoms with Crippen LogP contribution in [0.2, 0.25) is 0 Å². The van der Waals surface area contributed by atoms with Crippen LogP contribution in [0.15, 0.2) is 36.4 Å². The third kappa shape index (κ3) is 8.76. The number of hydrogen-bond donors (Lipinski definition) is 3. The van der Waals surface area contributed by atoms with Crippen LogP contribution in [-0.2, 0) is 32.1 Å². The minimum absolute atomic E-state index is 0.0156. The van der Waals surface area contributed by atoms with E-state index in [0.29, 0.717) is 51.9 Å². The van der Waals surface area contributed by atoms with Gasteiger partial charge >= 0.3 is 0 Å². The summed E-state index contributed by atoms with van der Waals surface area (Å²) in [5, 5.41) is 6.49. The van der Waals surface area contributed by atoms with Gasteiger partial charge in [0.15, 0.2) is 5.82 Å². The number of imidazole rings is 1. The number of halogens is 4. The number of nitrogens with one attached hydrogen (secondary N) is 3. The first-order chi connectivity index (χ1) is 28.2. The molecular formula is C44H55F4N7O4. The maximum atomic E-state index is 15.5. The number of H-pyrrole nitrogens is 1. The fraction of sp³-hybridized carbons (Fsp3) is 0.568. The molecule has 4 aromatic rings. The molecule has 0 spiro atoms. The van der Waals surface area contributed by atoms with Gasteiger partial charge in [0, 0.05) is 60.7 Å². The van der Waals surface area contributed by atoms with Crippen LogP contribution in [0.3, 0.4) is 0 Å². The Labute approximate surface area is 341 Å². The Morgan fingerprint density at radius 2 is 1.56 bits per heavy atom. The van der Waals surface area contributed by atoms with Crippen LogP contribution in [0.4, 0.5) is 17.6 Å². The molecule has 4 heterocycles. The van der Waals surface area contributed by atoms with Crippen molar-refractivity contribution in [2.24, 2.45) is 17.8 Å². The lowest BCUT2D eigenvalue weighted by Crippen LogP contribution is -2.52. The zero-order chi connectivity index (χ0) is 42.3. The minimum Gasteiger partial charge on any atom is -0.352 e. The number of aromatic amines is 1. The molecule has 8 atom stereocenters. The number of likely N-dealkylation sites (N-methyl/N-ethyl adjacent to an activating group) is 1. The molecule has 0 unspecified atom stereocenters. The molecule has 3 amide bonds. The van der Waals surface area contributed by atoms with Crippen LogP contribution >= 0.6 is 0 Å². The van der Waals surface area contributed by atoms with Crippen LogP contribution < -0.4 is 10.6 Å². The quantitative estimate of drug-likeness (QED) is 0.112. The average Bonchev–Trinajstić information content (AvgIpc) is 3.58. The molecule has 3 fully saturated rings. The molecule has 0 radical (unpaired) electrons. The molecule has 318 valence electrons. The summed E-state index contributed by atoms with van der Waals surface area (Å²) in [5.41, 5.74) is 2.31. The highest BCUT2D eigenvalue weighted by molar-refractivity contribution is 5.93. The Balaban J connectivity index is 1.26. The van der Waals surface area contributed by atoms with Crippen molar-refractivity contribution in [1.82, 2.24) is 35.0 Å². The van der Waals surface area contributed by atoms with Gasteiger partial charge in [-0.3, -0.25) is 19.2 Å². The normalized spacial score (nSPS) is 22.9. The van der Waals surface area contributed by atoms with E-state index in [9.17, 15) is 28.0 Å². The number of carbonyl (C=O) groups excluding carboxylic acids is 4. The van der Waals surface area contributed by atoms with Crippen molar-refractivity contribution < 1.29 is 36.7 Å². The van der Waals surface area contributed by atoms with Gasteiger partial charge in [-0.25, -0.2) is 22.5 Å². The van der Waals surface area contributed by atoms with E-state index in [4.69, 9.17) is 4.98 Å². The largest absolute Gasteiger partial charge is 0.352 e. The summed E-state index contributed by atoms with van der Waals surface area (Å²) in [6.07, 6.45) is 0.176. The molecule has 3 aliphatic rings. The number of amides is 3. The minimum atomic E-state index is -1.32. The van der Waals surface area contributed by atoms with E-state index in [1.54, 1.807) is 33.0 Å². The molecule has 3 N–H and O–H groups in total. The average molecular weight is 822 g/mol. The van der Waals surface area contributed by atoms with Gasteiger partial charge < -0.3 is 30.0 Å². The predicted octanol–water partition coefficient (Wildman–Crippen LogP) is 6.42. The van der Waals surface area contributed by atoms with Crippen molar-refractivity contribution in [3.8, 4) is 11.5 Å². The third-order valence-electron chi connectivity index (χ3n) is 12.9. The molecule has 59 heavy (non-hydrogen) atoms. The summed E-state index contributed by atoms with van der Waals surface area (Å²) >= 11 is 0. The Hall–Kier alpha value is -4.79. The summed E-state index contributed by atoms with van der Waals surface area (Å²) < 4.78 is 62.2. The Bertz CT molecular complexity index is 2220. The van der Waals surface area contributed by atoms with E-state index in [-0.39, 0.29) is 80.7 Å². The number of ketones is 1. The van der Waals surface area contributed by atoms with Crippen molar-refractivity contribution in [2.75, 3.05) is 20.1 Å². The summed E-state index contributed by atoms with van der Waals surface area (Å²) in [6, 6.07) is 5.94. The lowest BCUT2D eigenvalue weighted by atomic mass is 9.94. The van der Waals surface area contributed by atoms with Gasteiger partial charge in [0.1, 0.15) is 35.8 Å². The molecule has 15 heteroatoms. The molecule has 2 aromatic heterocycles. The van der Waals surface area contributed by atoms with Crippen molar-refractivity contribution >= 4 is 45.4 Å². The summed E-state index contributed by atoms with van der Waals surface area (Å²) in [7, 11) is 1.67. The van der Waals surface area contributed by atoms with Gasteiger partial charge in [-0.05, 0) is 87.9 Å². The molecule has 2 saturated heterocycles. The number of carbonyl (C=O) groups is 4. The fourth-order valence-electron chi connectivity index (χ4n) is 8.87. The van der Waals surface area contributed by atoms with Crippen LogP contribution in [0, 0.1) is 29.4 Å². The molecule has 7 rings (SSSR count). The van der Waals surface area contributed by atoms with Crippen LogP contribution in [0.5, 0.6) is 0 Å². The second kappa shape index (κ2) is 17.4. The van der Waals surface area contributed by atoms with Gasteiger partial charge in [-0.2, -0.15) is 0 Å². The molecule has 2 aliphatic heterocycles. The highest BCUT2D eigenvalue weighted by Gasteiger charge is 2.45. The second-order valence-corrected chi connectivity index (χ2v) is 16.9.